The number of anilines is 1. The summed E-state index contributed by atoms with van der Waals surface area (Å²) >= 11 is 6.27. The quantitative estimate of drug-likeness (QED) is 0.417. The summed E-state index contributed by atoms with van der Waals surface area (Å²) in [6.45, 7) is 6.70. The zero-order valence-corrected chi connectivity index (χ0v) is 20.1. The first-order valence-electron chi connectivity index (χ1n) is 10.7. The van der Waals surface area contributed by atoms with E-state index < -0.39 is 23.9 Å². The Hall–Kier alpha value is -2.54. The minimum Gasteiger partial charge on any atom is -0.469 e. The molecule has 0 bridgehead atoms. The maximum Gasteiger partial charge on any atom is 0.392 e. The van der Waals surface area contributed by atoms with Crippen LogP contribution in [0, 0.1) is 18.8 Å². The Morgan fingerprint density at radius 2 is 1.61 bits per heavy atom. The highest BCUT2D eigenvalue weighted by Gasteiger charge is 2.45. The van der Waals surface area contributed by atoms with Gasteiger partial charge in [-0.3, -0.25) is 9.59 Å². The first-order valence-corrected chi connectivity index (χ1v) is 11.0. The zero-order valence-electron chi connectivity index (χ0n) is 19.3. The minimum absolute atomic E-state index is 0.0689. The molecule has 0 saturated carbocycles. The number of hydrogen-bond acceptors (Lipinski definition) is 3. The lowest BCUT2D eigenvalue weighted by atomic mass is 9.84. The number of aryl methyl sites for hydroxylation is 1. The van der Waals surface area contributed by atoms with Crippen LogP contribution in [-0.4, -0.2) is 25.2 Å². The molecule has 2 aromatic rings. The standard InChI is InChI=1S/C25H29ClF3NO3/c1-14(2)19(13-22(31)33-5)18-10-11-20(26)21(12-18)30-24(32)23(16(4)25(27,28)29)17-8-6-15(3)7-9-17/h6-12,14,16,19,23H,13H2,1-5H3,(H,30,32)/t16-,19?,23+/m1/s1. The Morgan fingerprint density at radius 1 is 1.03 bits per heavy atom. The number of carbonyl (C=O) groups is 2. The number of methoxy groups -OCH3 is 1. The van der Waals surface area contributed by atoms with Crippen LogP contribution < -0.4 is 5.32 Å². The molecule has 0 heterocycles. The molecule has 8 heteroatoms. The largest absolute Gasteiger partial charge is 0.469 e. The van der Waals surface area contributed by atoms with E-state index >= 15 is 0 Å². The molecule has 0 aliphatic carbocycles. The third kappa shape index (κ3) is 6.97. The first kappa shape index (κ1) is 26.7. The summed E-state index contributed by atoms with van der Waals surface area (Å²) in [6, 6.07) is 11.3. The number of carbonyl (C=O) groups excluding carboxylic acids is 2. The normalized spacial score (nSPS) is 14.5. The van der Waals surface area contributed by atoms with E-state index in [1.807, 2.05) is 20.8 Å². The van der Waals surface area contributed by atoms with Crippen LogP contribution in [0.25, 0.3) is 0 Å². The van der Waals surface area contributed by atoms with Crippen molar-refractivity contribution in [1.29, 1.82) is 0 Å². The van der Waals surface area contributed by atoms with E-state index in [0.29, 0.717) is 0 Å². The lowest BCUT2D eigenvalue weighted by Crippen LogP contribution is -2.34. The van der Waals surface area contributed by atoms with Crippen LogP contribution in [0.4, 0.5) is 18.9 Å². The minimum atomic E-state index is -4.57. The highest BCUT2D eigenvalue weighted by atomic mass is 35.5. The van der Waals surface area contributed by atoms with Gasteiger partial charge in [0.05, 0.1) is 36.1 Å². The van der Waals surface area contributed by atoms with Crippen molar-refractivity contribution in [1.82, 2.24) is 0 Å². The molecule has 0 radical (unpaired) electrons. The van der Waals surface area contributed by atoms with Gasteiger partial charge in [0.25, 0.3) is 0 Å². The van der Waals surface area contributed by atoms with E-state index in [0.717, 1.165) is 18.1 Å². The zero-order chi connectivity index (χ0) is 24.9. The molecule has 0 saturated heterocycles. The average Bonchev–Trinajstić information content (AvgIpc) is 2.74. The lowest BCUT2D eigenvalue weighted by molar-refractivity contribution is -0.178. The van der Waals surface area contributed by atoms with Gasteiger partial charge in [-0.15, -0.1) is 0 Å². The molecule has 180 valence electrons. The molecule has 1 N–H and O–H groups in total. The van der Waals surface area contributed by atoms with Crippen LogP contribution in [0.3, 0.4) is 0 Å². The lowest BCUT2D eigenvalue weighted by Gasteiger charge is -2.26. The summed E-state index contributed by atoms with van der Waals surface area (Å²) < 4.78 is 45.6. The Morgan fingerprint density at radius 3 is 2.12 bits per heavy atom. The summed E-state index contributed by atoms with van der Waals surface area (Å²) in [5, 5.41) is 2.78. The number of benzene rings is 2. The van der Waals surface area contributed by atoms with Crippen LogP contribution in [0.1, 0.15) is 55.7 Å². The number of halogens is 4. The number of nitrogens with one attached hydrogen (secondary N) is 1. The molecule has 0 aliphatic rings. The van der Waals surface area contributed by atoms with Gasteiger partial charge >= 0.3 is 12.1 Å². The van der Waals surface area contributed by atoms with Gasteiger partial charge in [0.1, 0.15) is 0 Å². The van der Waals surface area contributed by atoms with Gasteiger partial charge in [0, 0.05) is 0 Å². The van der Waals surface area contributed by atoms with Crippen molar-refractivity contribution in [2.24, 2.45) is 11.8 Å². The topological polar surface area (TPSA) is 55.4 Å². The number of ether oxygens (including phenoxy) is 1. The summed E-state index contributed by atoms with van der Waals surface area (Å²) in [7, 11) is 1.31. The van der Waals surface area contributed by atoms with Crippen molar-refractivity contribution in [2.75, 3.05) is 12.4 Å². The Balaban J connectivity index is 2.41. The van der Waals surface area contributed by atoms with Gasteiger partial charge in [0.2, 0.25) is 5.91 Å². The van der Waals surface area contributed by atoms with Gasteiger partial charge in [0.15, 0.2) is 0 Å². The van der Waals surface area contributed by atoms with Gasteiger partial charge in [-0.25, -0.2) is 0 Å². The fourth-order valence-corrected chi connectivity index (χ4v) is 3.88. The van der Waals surface area contributed by atoms with Crippen LogP contribution in [0.15, 0.2) is 42.5 Å². The van der Waals surface area contributed by atoms with Gasteiger partial charge in [-0.1, -0.05) is 68.3 Å². The van der Waals surface area contributed by atoms with Crippen molar-refractivity contribution in [3.8, 4) is 0 Å². The van der Waals surface area contributed by atoms with Crippen molar-refractivity contribution in [3.05, 3.63) is 64.2 Å². The molecule has 0 aliphatic heterocycles. The Kier molecular flexibility index (Phi) is 8.95. The maximum absolute atomic E-state index is 13.6. The molecule has 1 amide bonds. The van der Waals surface area contributed by atoms with E-state index in [9.17, 15) is 22.8 Å². The monoisotopic (exact) mass is 483 g/mol. The molecule has 0 spiro atoms. The van der Waals surface area contributed by atoms with Crippen LogP contribution in [0.2, 0.25) is 5.02 Å². The van der Waals surface area contributed by atoms with Crippen LogP contribution in [-0.2, 0) is 14.3 Å². The van der Waals surface area contributed by atoms with E-state index in [-0.39, 0.29) is 40.5 Å². The third-order valence-corrected chi connectivity index (χ3v) is 6.16. The molecular formula is C25H29ClF3NO3. The molecule has 2 aromatic carbocycles. The van der Waals surface area contributed by atoms with Crippen molar-refractivity contribution in [3.63, 3.8) is 0 Å². The Labute approximate surface area is 197 Å². The Bertz CT molecular complexity index is 974. The molecule has 2 rings (SSSR count). The fraction of sp³-hybridized carbons (Fsp3) is 0.440. The molecule has 0 aromatic heterocycles. The molecular weight excluding hydrogens is 455 g/mol. The molecule has 33 heavy (non-hydrogen) atoms. The third-order valence-electron chi connectivity index (χ3n) is 5.83. The maximum atomic E-state index is 13.6. The van der Waals surface area contributed by atoms with Crippen molar-refractivity contribution >= 4 is 29.2 Å². The van der Waals surface area contributed by atoms with Crippen molar-refractivity contribution < 1.29 is 27.5 Å². The van der Waals surface area contributed by atoms with Gasteiger partial charge in [-0.05, 0) is 42.0 Å². The average molecular weight is 484 g/mol. The van der Waals surface area contributed by atoms with E-state index in [2.05, 4.69) is 5.32 Å². The molecule has 1 unspecified atom stereocenters. The summed E-state index contributed by atoms with van der Waals surface area (Å²) in [5.41, 5.74) is 2.06. The van der Waals surface area contributed by atoms with Crippen LogP contribution >= 0.6 is 11.6 Å². The first-order chi connectivity index (χ1) is 15.3. The number of hydrogen-bond donors (Lipinski definition) is 1. The van der Waals surface area contributed by atoms with Gasteiger partial charge < -0.3 is 10.1 Å². The smallest absolute Gasteiger partial charge is 0.392 e. The molecule has 4 nitrogen and oxygen atoms in total. The van der Waals surface area contributed by atoms with E-state index in [1.165, 1.54) is 19.2 Å². The fourth-order valence-electron chi connectivity index (χ4n) is 3.71. The SMILES string of the molecule is COC(=O)CC(c1ccc(Cl)c(NC(=O)[C@H](c2ccc(C)cc2)[C@@H](C)C(F)(F)F)c1)C(C)C. The van der Waals surface area contributed by atoms with Crippen LogP contribution in [0.5, 0.6) is 0 Å². The molecule has 3 atom stereocenters. The number of amides is 1. The van der Waals surface area contributed by atoms with E-state index in [4.69, 9.17) is 16.3 Å². The number of rotatable bonds is 8. The summed E-state index contributed by atoms with van der Waals surface area (Å²) in [4.78, 5) is 25.0. The summed E-state index contributed by atoms with van der Waals surface area (Å²) in [6.07, 6.45) is -4.44. The second-order valence-corrected chi connectivity index (χ2v) is 8.99. The predicted molar refractivity (Wildman–Crippen MR) is 123 cm³/mol. The highest BCUT2D eigenvalue weighted by molar-refractivity contribution is 6.33. The molecule has 0 fully saturated rings. The van der Waals surface area contributed by atoms with E-state index in [1.54, 1.807) is 30.3 Å². The summed E-state index contributed by atoms with van der Waals surface area (Å²) in [5.74, 6) is -4.71. The van der Waals surface area contributed by atoms with Crippen molar-refractivity contribution in [2.45, 2.75) is 52.1 Å². The predicted octanol–water partition coefficient (Wildman–Crippen LogP) is 6.87. The number of alkyl halides is 3. The number of esters is 1. The second-order valence-electron chi connectivity index (χ2n) is 8.58. The van der Waals surface area contributed by atoms with Gasteiger partial charge in [-0.2, -0.15) is 13.2 Å². The second kappa shape index (κ2) is 11.1. The highest BCUT2D eigenvalue weighted by Crippen LogP contribution is 2.39.